The predicted molar refractivity (Wildman–Crippen MR) is 72.2 cm³/mol. The van der Waals surface area contributed by atoms with Gasteiger partial charge >= 0.3 is 5.69 Å². The summed E-state index contributed by atoms with van der Waals surface area (Å²) in [4.78, 5) is 10.5. The Morgan fingerprint density at radius 2 is 1.68 bits per heavy atom. The van der Waals surface area contributed by atoms with Crippen LogP contribution in [0.1, 0.15) is 18.5 Å². The van der Waals surface area contributed by atoms with Crippen LogP contribution in [0.4, 0.5) is 5.69 Å². The Morgan fingerprint density at radius 1 is 1.11 bits per heavy atom. The van der Waals surface area contributed by atoms with Crippen LogP contribution in [-0.2, 0) is 0 Å². The fraction of sp³-hybridized carbons (Fsp3) is 0.143. The minimum absolute atomic E-state index is 0.0676. The molecule has 1 atom stereocenters. The van der Waals surface area contributed by atoms with Crippen LogP contribution in [0, 0.1) is 10.1 Å². The quantitative estimate of drug-likeness (QED) is 0.673. The first-order chi connectivity index (χ1) is 9.09. The van der Waals surface area contributed by atoms with Crippen molar-refractivity contribution in [3.63, 3.8) is 0 Å². The highest BCUT2D eigenvalue weighted by atomic mass is 16.6. The summed E-state index contributed by atoms with van der Waals surface area (Å²) in [6.45, 7) is 1.83. The number of nitrogens with two attached hydrogens (primary N) is 1. The molecule has 2 N–H and O–H groups in total. The van der Waals surface area contributed by atoms with Gasteiger partial charge in [-0.2, -0.15) is 0 Å². The number of hydrogen-bond acceptors (Lipinski definition) is 4. The lowest BCUT2D eigenvalue weighted by Gasteiger charge is -2.13. The summed E-state index contributed by atoms with van der Waals surface area (Å²) >= 11 is 0. The monoisotopic (exact) mass is 258 g/mol. The Hall–Kier alpha value is -2.40. The number of nitrogens with zero attached hydrogens (tertiary/aromatic N) is 1. The largest absolute Gasteiger partial charge is 0.450 e. The van der Waals surface area contributed by atoms with Gasteiger partial charge in [0.15, 0.2) is 0 Å². The summed E-state index contributed by atoms with van der Waals surface area (Å²) in [5.41, 5.74) is 6.59. The summed E-state index contributed by atoms with van der Waals surface area (Å²) in [6, 6.07) is 13.3. The molecule has 0 heterocycles. The van der Waals surface area contributed by atoms with Gasteiger partial charge < -0.3 is 10.5 Å². The van der Waals surface area contributed by atoms with Crippen molar-refractivity contribution in [3.05, 3.63) is 64.2 Å². The predicted octanol–water partition coefficient (Wildman–Crippen LogP) is 3.41. The van der Waals surface area contributed by atoms with Crippen LogP contribution >= 0.6 is 0 Å². The van der Waals surface area contributed by atoms with Gasteiger partial charge in [0, 0.05) is 17.7 Å². The Kier molecular flexibility index (Phi) is 3.77. The molecule has 0 spiro atoms. The lowest BCUT2D eigenvalue weighted by atomic mass is 10.1. The van der Waals surface area contributed by atoms with Crippen LogP contribution in [0.15, 0.2) is 48.5 Å². The Labute approximate surface area is 110 Å². The zero-order valence-electron chi connectivity index (χ0n) is 10.4. The molecular formula is C14H14N2O3. The molecule has 0 saturated carbocycles. The van der Waals surface area contributed by atoms with E-state index in [1.165, 1.54) is 6.07 Å². The molecular weight excluding hydrogens is 244 g/mol. The number of ether oxygens (including phenoxy) is 1. The smallest absolute Gasteiger partial charge is 0.311 e. The molecule has 5 nitrogen and oxygen atoms in total. The molecule has 0 aromatic heterocycles. The molecule has 2 aromatic carbocycles. The van der Waals surface area contributed by atoms with E-state index in [0.29, 0.717) is 5.75 Å². The fourth-order valence-corrected chi connectivity index (χ4v) is 1.76. The fourth-order valence-electron chi connectivity index (χ4n) is 1.76. The standard InChI is InChI=1S/C14H14N2O3/c1-10(15)11-6-2-4-8-13(11)19-14-9-5-3-7-12(14)16(17)18/h2-10H,15H2,1H3/t10-/m1/s1. The van der Waals surface area contributed by atoms with Gasteiger partial charge in [0.25, 0.3) is 0 Å². The summed E-state index contributed by atoms with van der Waals surface area (Å²) in [6.07, 6.45) is 0. The van der Waals surface area contributed by atoms with Crippen molar-refractivity contribution in [2.24, 2.45) is 5.73 Å². The lowest BCUT2D eigenvalue weighted by molar-refractivity contribution is -0.385. The average Bonchev–Trinajstić information content (AvgIpc) is 2.39. The zero-order chi connectivity index (χ0) is 13.8. The van der Waals surface area contributed by atoms with Gasteiger partial charge in [0.2, 0.25) is 5.75 Å². The van der Waals surface area contributed by atoms with E-state index in [4.69, 9.17) is 10.5 Å². The number of benzene rings is 2. The highest BCUT2D eigenvalue weighted by Crippen LogP contribution is 2.33. The number of rotatable bonds is 4. The van der Waals surface area contributed by atoms with Gasteiger partial charge in [-0.1, -0.05) is 30.3 Å². The molecule has 0 aliphatic rings. The third kappa shape index (κ3) is 2.89. The lowest BCUT2D eigenvalue weighted by Crippen LogP contribution is -2.06. The minimum atomic E-state index is -0.468. The van der Waals surface area contributed by atoms with E-state index >= 15 is 0 Å². The molecule has 19 heavy (non-hydrogen) atoms. The van der Waals surface area contributed by atoms with Gasteiger partial charge in [0.1, 0.15) is 5.75 Å². The maximum Gasteiger partial charge on any atom is 0.311 e. The van der Waals surface area contributed by atoms with Crippen molar-refractivity contribution in [1.82, 2.24) is 0 Å². The van der Waals surface area contributed by atoms with Crippen LogP contribution < -0.4 is 10.5 Å². The Bertz CT molecular complexity index is 597. The van der Waals surface area contributed by atoms with Crippen LogP contribution in [0.25, 0.3) is 0 Å². The van der Waals surface area contributed by atoms with E-state index in [0.717, 1.165) is 5.56 Å². The molecule has 0 amide bonds. The molecule has 0 radical (unpaired) electrons. The highest BCUT2D eigenvalue weighted by molar-refractivity contribution is 5.49. The molecule has 98 valence electrons. The van der Waals surface area contributed by atoms with Crippen LogP contribution in [-0.4, -0.2) is 4.92 Å². The van der Waals surface area contributed by atoms with E-state index in [1.54, 1.807) is 30.3 Å². The van der Waals surface area contributed by atoms with Crippen molar-refractivity contribution in [3.8, 4) is 11.5 Å². The van der Waals surface area contributed by atoms with Crippen molar-refractivity contribution in [2.45, 2.75) is 13.0 Å². The van der Waals surface area contributed by atoms with Crippen molar-refractivity contribution in [1.29, 1.82) is 0 Å². The number of nitro groups is 1. The van der Waals surface area contributed by atoms with Gasteiger partial charge in [-0.05, 0) is 19.1 Å². The van der Waals surface area contributed by atoms with E-state index in [2.05, 4.69) is 0 Å². The topological polar surface area (TPSA) is 78.4 Å². The van der Waals surface area contributed by atoms with Crippen LogP contribution in [0.2, 0.25) is 0 Å². The van der Waals surface area contributed by atoms with E-state index in [9.17, 15) is 10.1 Å². The summed E-state index contributed by atoms with van der Waals surface area (Å²) in [5, 5.41) is 10.9. The van der Waals surface area contributed by atoms with Gasteiger partial charge in [0.05, 0.1) is 4.92 Å². The van der Waals surface area contributed by atoms with Gasteiger partial charge in [-0.25, -0.2) is 0 Å². The first-order valence-electron chi connectivity index (χ1n) is 5.85. The second kappa shape index (κ2) is 5.49. The van der Waals surface area contributed by atoms with Crippen LogP contribution in [0.3, 0.4) is 0 Å². The molecule has 0 saturated heterocycles. The first-order valence-corrected chi connectivity index (χ1v) is 5.85. The number of hydrogen-bond donors (Lipinski definition) is 1. The normalized spacial score (nSPS) is 11.9. The van der Waals surface area contributed by atoms with E-state index in [1.807, 2.05) is 19.1 Å². The maximum atomic E-state index is 10.9. The van der Waals surface area contributed by atoms with Crippen LogP contribution in [0.5, 0.6) is 11.5 Å². The second-order valence-electron chi connectivity index (χ2n) is 4.15. The summed E-state index contributed by atoms with van der Waals surface area (Å²) in [7, 11) is 0. The first kappa shape index (κ1) is 13.0. The third-order valence-electron chi connectivity index (χ3n) is 2.69. The Balaban J connectivity index is 2.39. The molecule has 2 rings (SSSR count). The minimum Gasteiger partial charge on any atom is -0.450 e. The molecule has 5 heteroatoms. The molecule has 0 fully saturated rings. The van der Waals surface area contributed by atoms with Gasteiger partial charge in [-0.15, -0.1) is 0 Å². The highest BCUT2D eigenvalue weighted by Gasteiger charge is 2.16. The molecule has 0 unspecified atom stereocenters. The van der Waals surface area contributed by atoms with E-state index in [-0.39, 0.29) is 17.5 Å². The van der Waals surface area contributed by atoms with Crippen molar-refractivity contribution >= 4 is 5.69 Å². The maximum absolute atomic E-state index is 10.9. The third-order valence-corrected chi connectivity index (χ3v) is 2.69. The number of para-hydroxylation sites is 3. The van der Waals surface area contributed by atoms with E-state index < -0.39 is 4.92 Å². The number of nitro benzene ring substituents is 1. The Morgan fingerprint density at radius 3 is 2.32 bits per heavy atom. The average molecular weight is 258 g/mol. The molecule has 2 aromatic rings. The molecule has 0 bridgehead atoms. The summed E-state index contributed by atoms with van der Waals surface area (Å²) in [5.74, 6) is 0.743. The second-order valence-corrected chi connectivity index (χ2v) is 4.15. The van der Waals surface area contributed by atoms with Crippen molar-refractivity contribution < 1.29 is 9.66 Å². The SMILES string of the molecule is C[C@@H](N)c1ccccc1Oc1ccccc1[N+](=O)[O-]. The summed E-state index contributed by atoms with van der Waals surface area (Å²) < 4.78 is 5.64. The molecule has 0 aliphatic heterocycles. The van der Waals surface area contributed by atoms with Crippen molar-refractivity contribution in [2.75, 3.05) is 0 Å². The molecule has 0 aliphatic carbocycles. The zero-order valence-corrected chi connectivity index (χ0v) is 10.4. The van der Waals surface area contributed by atoms with Gasteiger partial charge in [-0.3, -0.25) is 10.1 Å².